The van der Waals surface area contributed by atoms with Gasteiger partial charge in [-0.15, -0.1) is 0 Å². The maximum atomic E-state index is 11.8. The summed E-state index contributed by atoms with van der Waals surface area (Å²) in [5, 5.41) is 0. The molecule has 0 heterocycles. The molecule has 0 unspecified atom stereocenters. The molecular formula is C17H14O4. The van der Waals surface area contributed by atoms with Crippen LogP contribution in [0.4, 0.5) is 0 Å². The molecule has 4 heteroatoms. The number of hydrogen-bond acceptors (Lipinski definition) is 4. The smallest absolute Gasteiger partial charge is 0.339 e. The number of benzene rings is 2. The first-order chi connectivity index (χ1) is 10.1. The summed E-state index contributed by atoms with van der Waals surface area (Å²) in [6, 6.07) is 17.2. The molecule has 0 saturated carbocycles. The minimum Gasteiger partial charge on any atom is -0.426 e. The zero-order valence-corrected chi connectivity index (χ0v) is 11.3. The second-order valence-corrected chi connectivity index (χ2v) is 4.27. The van der Waals surface area contributed by atoms with Crippen LogP contribution in [0, 0.1) is 0 Å². The van der Waals surface area contributed by atoms with Crippen molar-refractivity contribution in [2.75, 3.05) is 0 Å². The zero-order valence-electron chi connectivity index (χ0n) is 11.3. The van der Waals surface area contributed by atoms with Gasteiger partial charge >= 0.3 is 11.9 Å². The fourth-order valence-corrected chi connectivity index (χ4v) is 1.57. The van der Waals surface area contributed by atoms with E-state index in [-0.39, 0.29) is 12.0 Å². The van der Waals surface area contributed by atoms with Gasteiger partial charge in [0.15, 0.2) is 0 Å². The summed E-state index contributed by atoms with van der Waals surface area (Å²) < 4.78 is 10.2. The fraction of sp³-hybridized carbons (Fsp3) is 0.0588. The van der Waals surface area contributed by atoms with Crippen molar-refractivity contribution < 1.29 is 19.1 Å². The van der Waals surface area contributed by atoms with Crippen molar-refractivity contribution in [2.45, 2.75) is 6.42 Å². The van der Waals surface area contributed by atoms with Crippen LogP contribution in [0.15, 0.2) is 72.8 Å². The van der Waals surface area contributed by atoms with Crippen molar-refractivity contribution in [1.29, 1.82) is 0 Å². The third-order valence-electron chi connectivity index (χ3n) is 2.58. The standard InChI is InChI=1S/C17H14O4/c1-13(17(19)21-15-10-6-3-7-11-15)12-16(18)20-14-8-4-2-5-9-14/h2-11H,1,12H2. The largest absolute Gasteiger partial charge is 0.426 e. The molecule has 0 aromatic heterocycles. The summed E-state index contributed by atoms with van der Waals surface area (Å²) in [6.45, 7) is 3.56. The second-order valence-electron chi connectivity index (χ2n) is 4.27. The number of ether oxygens (including phenoxy) is 2. The van der Waals surface area contributed by atoms with Crippen LogP contribution in [0.3, 0.4) is 0 Å². The van der Waals surface area contributed by atoms with E-state index in [4.69, 9.17) is 9.47 Å². The van der Waals surface area contributed by atoms with E-state index in [0.29, 0.717) is 11.5 Å². The van der Waals surface area contributed by atoms with Crippen LogP contribution in [0.1, 0.15) is 6.42 Å². The van der Waals surface area contributed by atoms with Gasteiger partial charge in [-0.05, 0) is 24.3 Å². The molecule has 0 aliphatic rings. The van der Waals surface area contributed by atoms with Crippen LogP contribution in [0.25, 0.3) is 0 Å². The predicted molar refractivity (Wildman–Crippen MR) is 77.9 cm³/mol. The molecule has 0 spiro atoms. The lowest BCUT2D eigenvalue weighted by atomic mass is 10.2. The number of carbonyl (C=O) groups excluding carboxylic acids is 2. The fourth-order valence-electron chi connectivity index (χ4n) is 1.57. The van der Waals surface area contributed by atoms with E-state index < -0.39 is 11.9 Å². The minimum absolute atomic E-state index is 0.0415. The van der Waals surface area contributed by atoms with E-state index in [1.807, 2.05) is 12.1 Å². The summed E-state index contributed by atoms with van der Waals surface area (Å²) in [5.74, 6) is -0.380. The number of rotatable bonds is 5. The van der Waals surface area contributed by atoms with Gasteiger partial charge in [-0.3, -0.25) is 4.79 Å². The van der Waals surface area contributed by atoms with Crippen LogP contribution in [0.2, 0.25) is 0 Å². The minimum atomic E-state index is -0.647. The Labute approximate surface area is 122 Å². The zero-order chi connectivity index (χ0) is 15.1. The molecule has 2 aromatic rings. The Hall–Kier alpha value is -2.88. The lowest BCUT2D eigenvalue weighted by Crippen LogP contribution is -2.16. The Morgan fingerprint density at radius 1 is 0.810 bits per heavy atom. The Kier molecular flexibility index (Phi) is 4.88. The van der Waals surface area contributed by atoms with E-state index in [2.05, 4.69) is 6.58 Å². The molecule has 0 radical (unpaired) electrons. The first-order valence-electron chi connectivity index (χ1n) is 6.36. The molecule has 0 atom stereocenters. The van der Waals surface area contributed by atoms with Crippen molar-refractivity contribution in [2.24, 2.45) is 0 Å². The van der Waals surface area contributed by atoms with Gasteiger partial charge in [-0.1, -0.05) is 43.0 Å². The van der Waals surface area contributed by atoms with E-state index in [1.54, 1.807) is 48.5 Å². The topological polar surface area (TPSA) is 52.6 Å². The number of hydrogen-bond donors (Lipinski definition) is 0. The molecule has 4 nitrogen and oxygen atoms in total. The van der Waals surface area contributed by atoms with Crippen LogP contribution in [-0.4, -0.2) is 11.9 Å². The molecule has 0 saturated heterocycles. The second kappa shape index (κ2) is 7.05. The average Bonchev–Trinajstić information content (AvgIpc) is 2.49. The van der Waals surface area contributed by atoms with E-state index in [9.17, 15) is 9.59 Å². The highest BCUT2D eigenvalue weighted by molar-refractivity contribution is 5.94. The lowest BCUT2D eigenvalue weighted by molar-refractivity contribution is -0.136. The van der Waals surface area contributed by atoms with Crippen molar-refractivity contribution in [3.8, 4) is 11.5 Å². The van der Waals surface area contributed by atoms with Gasteiger partial charge in [0.05, 0.1) is 6.42 Å². The van der Waals surface area contributed by atoms with Gasteiger partial charge in [0.25, 0.3) is 0 Å². The molecule has 0 fully saturated rings. The van der Waals surface area contributed by atoms with Crippen molar-refractivity contribution >= 4 is 11.9 Å². The maximum absolute atomic E-state index is 11.8. The lowest BCUT2D eigenvalue weighted by Gasteiger charge is -2.07. The molecule has 2 rings (SSSR count). The van der Waals surface area contributed by atoms with Crippen LogP contribution < -0.4 is 9.47 Å². The first kappa shape index (κ1) is 14.5. The highest BCUT2D eigenvalue weighted by Gasteiger charge is 2.15. The Morgan fingerprint density at radius 2 is 1.29 bits per heavy atom. The SMILES string of the molecule is C=C(CC(=O)Oc1ccccc1)C(=O)Oc1ccccc1. The summed E-state index contributed by atoms with van der Waals surface area (Å²) in [4.78, 5) is 23.5. The third kappa shape index (κ3) is 4.62. The van der Waals surface area contributed by atoms with Crippen molar-refractivity contribution in [1.82, 2.24) is 0 Å². The van der Waals surface area contributed by atoms with Crippen molar-refractivity contribution in [3.63, 3.8) is 0 Å². The van der Waals surface area contributed by atoms with Gasteiger partial charge in [-0.2, -0.15) is 0 Å². The molecular weight excluding hydrogens is 268 g/mol. The molecule has 0 bridgehead atoms. The number of esters is 2. The van der Waals surface area contributed by atoms with E-state index in [1.165, 1.54) is 0 Å². The molecule has 0 aliphatic heterocycles. The Morgan fingerprint density at radius 3 is 1.81 bits per heavy atom. The molecule has 2 aromatic carbocycles. The van der Waals surface area contributed by atoms with Gasteiger partial charge in [-0.25, -0.2) is 4.79 Å². The van der Waals surface area contributed by atoms with Gasteiger partial charge in [0, 0.05) is 5.57 Å². The number of carbonyl (C=O) groups is 2. The van der Waals surface area contributed by atoms with Crippen LogP contribution >= 0.6 is 0 Å². The monoisotopic (exact) mass is 282 g/mol. The maximum Gasteiger partial charge on any atom is 0.339 e. The summed E-state index contributed by atoms with van der Waals surface area (Å²) >= 11 is 0. The van der Waals surface area contributed by atoms with Crippen LogP contribution in [0.5, 0.6) is 11.5 Å². The quantitative estimate of drug-likeness (QED) is 0.480. The first-order valence-corrected chi connectivity index (χ1v) is 6.36. The van der Waals surface area contributed by atoms with Gasteiger partial charge in [0.1, 0.15) is 11.5 Å². The molecule has 21 heavy (non-hydrogen) atoms. The molecule has 0 N–H and O–H groups in total. The molecule has 106 valence electrons. The molecule has 0 amide bonds. The van der Waals surface area contributed by atoms with Gasteiger partial charge in [0.2, 0.25) is 0 Å². The highest BCUT2D eigenvalue weighted by atomic mass is 16.5. The Bertz CT molecular complexity index is 632. The van der Waals surface area contributed by atoms with Crippen LogP contribution in [-0.2, 0) is 9.59 Å². The van der Waals surface area contributed by atoms with Crippen molar-refractivity contribution in [3.05, 3.63) is 72.8 Å². The number of para-hydroxylation sites is 2. The van der Waals surface area contributed by atoms with E-state index >= 15 is 0 Å². The van der Waals surface area contributed by atoms with Gasteiger partial charge < -0.3 is 9.47 Å². The normalized spacial score (nSPS) is 9.71. The highest BCUT2D eigenvalue weighted by Crippen LogP contribution is 2.14. The summed E-state index contributed by atoms with van der Waals surface area (Å²) in [6.07, 6.45) is -0.222. The van der Waals surface area contributed by atoms with E-state index in [0.717, 1.165) is 0 Å². The molecule has 0 aliphatic carbocycles. The Balaban J connectivity index is 1.86. The summed E-state index contributed by atoms with van der Waals surface area (Å²) in [7, 11) is 0. The summed E-state index contributed by atoms with van der Waals surface area (Å²) in [5.41, 5.74) is 0.0415. The predicted octanol–water partition coefficient (Wildman–Crippen LogP) is 3.14. The third-order valence-corrected chi connectivity index (χ3v) is 2.58. The average molecular weight is 282 g/mol.